The summed E-state index contributed by atoms with van der Waals surface area (Å²) in [6.45, 7) is 4.76. The third-order valence-electron chi connectivity index (χ3n) is 2.49. The Labute approximate surface area is 79.3 Å². The zero-order chi connectivity index (χ0) is 9.10. The molecule has 0 bridgehead atoms. The topological polar surface area (TPSA) is 15.7 Å². The van der Waals surface area contributed by atoms with Gasteiger partial charge in [0.05, 0.1) is 13.2 Å². The van der Waals surface area contributed by atoms with Crippen LogP contribution in [0.4, 0.5) is 0 Å². The second-order valence-corrected chi connectivity index (χ2v) is 3.43. The van der Waals surface area contributed by atoms with Gasteiger partial charge in [-0.2, -0.15) is 0 Å². The molecule has 2 aliphatic rings. The van der Waals surface area contributed by atoms with E-state index in [9.17, 15) is 0 Å². The molecule has 0 unspecified atom stereocenters. The highest BCUT2D eigenvalue weighted by Crippen LogP contribution is 2.14. The Morgan fingerprint density at radius 3 is 2.77 bits per heavy atom. The van der Waals surface area contributed by atoms with Gasteiger partial charge in [0, 0.05) is 26.7 Å². The van der Waals surface area contributed by atoms with Crippen LogP contribution in [0, 0.1) is 0 Å². The molecule has 1 fully saturated rings. The molecule has 3 nitrogen and oxygen atoms in total. The van der Waals surface area contributed by atoms with Gasteiger partial charge in [-0.05, 0) is 6.08 Å². The molecule has 72 valence electrons. The molecule has 1 saturated heterocycles. The van der Waals surface area contributed by atoms with Gasteiger partial charge in [-0.1, -0.05) is 12.2 Å². The molecule has 0 radical (unpaired) electrons. The number of hydrogen-bond donors (Lipinski definition) is 0. The average molecular weight is 180 g/mol. The summed E-state index contributed by atoms with van der Waals surface area (Å²) in [6, 6.07) is 0. The Balaban J connectivity index is 2.04. The minimum atomic E-state index is 0.856. The highest BCUT2D eigenvalue weighted by molar-refractivity contribution is 5.16. The number of nitrogens with zero attached hydrogens (tertiary/aromatic N) is 2. The molecular weight excluding hydrogens is 164 g/mol. The van der Waals surface area contributed by atoms with Gasteiger partial charge in [-0.15, -0.1) is 0 Å². The van der Waals surface area contributed by atoms with Gasteiger partial charge < -0.3 is 14.5 Å². The van der Waals surface area contributed by atoms with E-state index in [1.54, 1.807) is 0 Å². The quantitative estimate of drug-likeness (QED) is 0.589. The van der Waals surface area contributed by atoms with Gasteiger partial charge in [-0.3, -0.25) is 0 Å². The zero-order valence-electron chi connectivity index (χ0n) is 8.07. The van der Waals surface area contributed by atoms with Crippen LogP contribution in [0.1, 0.15) is 0 Å². The minimum Gasteiger partial charge on any atom is -0.378 e. The first-order valence-corrected chi connectivity index (χ1v) is 4.78. The minimum absolute atomic E-state index is 0.856. The second-order valence-electron chi connectivity index (χ2n) is 3.43. The maximum absolute atomic E-state index is 5.32. The molecule has 3 heteroatoms. The van der Waals surface area contributed by atoms with Crippen LogP contribution in [0.2, 0.25) is 0 Å². The third kappa shape index (κ3) is 1.86. The van der Waals surface area contributed by atoms with Crippen LogP contribution in [0.15, 0.2) is 24.0 Å². The number of ether oxygens (including phenoxy) is 1. The van der Waals surface area contributed by atoms with Crippen molar-refractivity contribution in [1.82, 2.24) is 9.80 Å². The van der Waals surface area contributed by atoms with Crippen molar-refractivity contribution in [3.63, 3.8) is 0 Å². The lowest BCUT2D eigenvalue weighted by Crippen LogP contribution is -2.41. The van der Waals surface area contributed by atoms with Crippen molar-refractivity contribution in [1.29, 1.82) is 0 Å². The first-order chi connectivity index (χ1) is 6.38. The molecule has 2 rings (SSSR count). The molecule has 0 amide bonds. The molecule has 0 N–H and O–H groups in total. The van der Waals surface area contributed by atoms with Crippen LogP contribution >= 0.6 is 0 Å². The fourth-order valence-electron chi connectivity index (χ4n) is 1.73. The molecule has 0 saturated carbocycles. The Hall–Kier alpha value is -0.960. The summed E-state index contributed by atoms with van der Waals surface area (Å²) >= 11 is 0. The van der Waals surface area contributed by atoms with Gasteiger partial charge in [0.25, 0.3) is 0 Å². The smallest absolute Gasteiger partial charge is 0.104 e. The van der Waals surface area contributed by atoms with E-state index in [1.807, 2.05) is 0 Å². The zero-order valence-corrected chi connectivity index (χ0v) is 8.07. The van der Waals surface area contributed by atoms with Crippen molar-refractivity contribution in [3.05, 3.63) is 24.0 Å². The summed E-state index contributed by atoms with van der Waals surface area (Å²) in [5.74, 6) is 1.32. The summed E-state index contributed by atoms with van der Waals surface area (Å²) in [6.07, 6.45) is 6.48. The van der Waals surface area contributed by atoms with E-state index in [0.717, 1.165) is 32.8 Å². The van der Waals surface area contributed by atoms with E-state index in [-0.39, 0.29) is 0 Å². The number of likely N-dealkylation sites (N-methyl/N-ethyl adjacent to an activating group) is 1. The van der Waals surface area contributed by atoms with Crippen LogP contribution in [-0.4, -0.2) is 49.7 Å². The van der Waals surface area contributed by atoms with Gasteiger partial charge in [-0.25, -0.2) is 0 Å². The van der Waals surface area contributed by atoms with Crippen molar-refractivity contribution in [2.45, 2.75) is 0 Å². The molecule has 13 heavy (non-hydrogen) atoms. The Morgan fingerprint density at radius 2 is 2.08 bits per heavy atom. The lowest BCUT2D eigenvalue weighted by Gasteiger charge is -2.36. The molecule has 2 aliphatic heterocycles. The summed E-state index contributed by atoms with van der Waals surface area (Å²) in [5, 5.41) is 0. The van der Waals surface area contributed by atoms with Crippen molar-refractivity contribution in [2.24, 2.45) is 0 Å². The van der Waals surface area contributed by atoms with E-state index in [0.29, 0.717) is 0 Å². The molecule has 0 aromatic rings. The molecule has 0 aromatic carbocycles. The maximum Gasteiger partial charge on any atom is 0.104 e. The largest absolute Gasteiger partial charge is 0.378 e. The lowest BCUT2D eigenvalue weighted by molar-refractivity contribution is 0.0409. The van der Waals surface area contributed by atoms with Crippen molar-refractivity contribution in [3.8, 4) is 0 Å². The average Bonchev–Trinajstić information content (AvgIpc) is 2.20. The van der Waals surface area contributed by atoms with E-state index < -0.39 is 0 Å². The Morgan fingerprint density at radius 1 is 1.31 bits per heavy atom. The molecular formula is C10H16N2O. The van der Waals surface area contributed by atoms with E-state index in [2.05, 4.69) is 35.1 Å². The fraction of sp³-hybridized carbons (Fsp3) is 0.600. The normalized spacial score (nSPS) is 23.3. The van der Waals surface area contributed by atoms with Crippen LogP contribution in [-0.2, 0) is 4.74 Å². The first-order valence-electron chi connectivity index (χ1n) is 4.78. The summed E-state index contributed by atoms with van der Waals surface area (Å²) in [4.78, 5) is 4.65. The lowest BCUT2D eigenvalue weighted by atomic mass is 10.3. The maximum atomic E-state index is 5.32. The summed E-state index contributed by atoms with van der Waals surface area (Å²) in [7, 11) is 2.13. The third-order valence-corrected chi connectivity index (χ3v) is 2.49. The van der Waals surface area contributed by atoms with Crippen molar-refractivity contribution in [2.75, 3.05) is 39.9 Å². The van der Waals surface area contributed by atoms with Gasteiger partial charge >= 0.3 is 0 Å². The predicted molar refractivity (Wildman–Crippen MR) is 52.2 cm³/mol. The van der Waals surface area contributed by atoms with Crippen LogP contribution < -0.4 is 0 Å². The van der Waals surface area contributed by atoms with Crippen molar-refractivity contribution < 1.29 is 4.74 Å². The highest BCUT2D eigenvalue weighted by Gasteiger charge is 2.16. The van der Waals surface area contributed by atoms with Gasteiger partial charge in [0.15, 0.2) is 0 Å². The van der Waals surface area contributed by atoms with Crippen LogP contribution in [0.3, 0.4) is 0 Å². The summed E-state index contributed by atoms with van der Waals surface area (Å²) < 4.78 is 5.32. The van der Waals surface area contributed by atoms with E-state index >= 15 is 0 Å². The monoisotopic (exact) mass is 180 g/mol. The van der Waals surface area contributed by atoms with Crippen molar-refractivity contribution >= 4 is 0 Å². The molecule has 0 aromatic heterocycles. The van der Waals surface area contributed by atoms with Gasteiger partial charge in [0.2, 0.25) is 0 Å². The van der Waals surface area contributed by atoms with Gasteiger partial charge in [0.1, 0.15) is 5.82 Å². The highest BCUT2D eigenvalue weighted by atomic mass is 16.5. The Bertz CT molecular complexity index is 229. The fourth-order valence-corrected chi connectivity index (χ4v) is 1.73. The molecule has 0 atom stereocenters. The second kappa shape index (κ2) is 3.83. The standard InChI is InChI=1S/C10H16N2O/c1-11-5-3-2-4-10(11)12-6-8-13-9-7-12/h2-4H,5-9H2,1H3. The predicted octanol–water partition coefficient (Wildman–Crippen LogP) is 0.662. The first kappa shape index (κ1) is 8.63. The van der Waals surface area contributed by atoms with E-state index in [4.69, 9.17) is 4.74 Å². The SMILES string of the molecule is CN1CC=CC=C1N1CCOCC1. The van der Waals surface area contributed by atoms with Crippen LogP contribution in [0.25, 0.3) is 0 Å². The van der Waals surface area contributed by atoms with E-state index in [1.165, 1.54) is 5.82 Å². The number of hydrogen-bond acceptors (Lipinski definition) is 3. The number of morpholine rings is 1. The number of allylic oxidation sites excluding steroid dienone is 2. The van der Waals surface area contributed by atoms with Crippen LogP contribution in [0.5, 0.6) is 0 Å². The molecule has 0 spiro atoms. The number of rotatable bonds is 1. The molecule has 2 heterocycles. The summed E-state index contributed by atoms with van der Waals surface area (Å²) in [5.41, 5.74) is 0. The molecule has 0 aliphatic carbocycles. The Kier molecular flexibility index (Phi) is 2.54.